The maximum Gasteiger partial charge on any atom is 0.257 e. The van der Waals surface area contributed by atoms with Gasteiger partial charge in [0, 0.05) is 30.3 Å². The molecule has 1 aliphatic heterocycles. The van der Waals surface area contributed by atoms with Crippen molar-refractivity contribution in [1.82, 2.24) is 25.2 Å². The van der Waals surface area contributed by atoms with Crippen LogP contribution in [0.2, 0.25) is 0 Å². The molecule has 0 spiro atoms. The minimum absolute atomic E-state index is 0.0630. The van der Waals surface area contributed by atoms with E-state index in [0.717, 1.165) is 12.8 Å². The van der Waals surface area contributed by atoms with Crippen LogP contribution in [0.3, 0.4) is 0 Å². The summed E-state index contributed by atoms with van der Waals surface area (Å²) in [4.78, 5) is 18.9. The Balaban J connectivity index is 1.56. The summed E-state index contributed by atoms with van der Waals surface area (Å²) in [5, 5.41) is 10.6. The number of likely N-dealkylation sites (tertiary alicyclic amines) is 1. The second-order valence-corrected chi connectivity index (χ2v) is 6.81. The predicted octanol–water partition coefficient (Wildman–Crippen LogP) is 2.79. The number of hydrogen-bond donors (Lipinski definition) is 1. The van der Waals surface area contributed by atoms with Gasteiger partial charge in [0.05, 0.1) is 11.8 Å². The van der Waals surface area contributed by atoms with Crippen LogP contribution in [0.1, 0.15) is 35.9 Å². The summed E-state index contributed by atoms with van der Waals surface area (Å²) in [7, 11) is 0. The molecule has 1 atom stereocenters. The fourth-order valence-electron chi connectivity index (χ4n) is 3.32. The van der Waals surface area contributed by atoms with Crippen LogP contribution in [0.5, 0.6) is 0 Å². The van der Waals surface area contributed by atoms with Crippen molar-refractivity contribution in [2.24, 2.45) is 0 Å². The summed E-state index contributed by atoms with van der Waals surface area (Å²) in [6.45, 7) is 3.21. The lowest BCUT2D eigenvalue weighted by Crippen LogP contribution is -2.47. The summed E-state index contributed by atoms with van der Waals surface area (Å²) in [6.07, 6.45) is 4.82. The molecule has 4 rings (SSSR count). The predicted molar refractivity (Wildman–Crippen MR) is 90.8 cm³/mol. The van der Waals surface area contributed by atoms with Gasteiger partial charge in [-0.3, -0.25) is 9.89 Å². The van der Waals surface area contributed by atoms with Crippen molar-refractivity contribution in [3.05, 3.63) is 53.9 Å². The molecule has 0 bridgehead atoms. The number of halogens is 1. The number of hydrogen-bond acceptors (Lipinski definition) is 5. The molecule has 134 valence electrons. The molecule has 3 aromatic rings. The number of aromatic nitrogens is 4. The Labute approximate surface area is 149 Å². The van der Waals surface area contributed by atoms with Crippen LogP contribution in [0.25, 0.3) is 11.5 Å². The Morgan fingerprint density at radius 1 is 1.35 bits per heavy atom. The molecule has 3 heterocycles. The molecule has 0 saturated carbocycles. The number of H-pyrrole nitrogens is 1. The molecule has 7 nitrogen and oxygen atoms in total. The van der Waals surface area contributed by atoms with Crippen LogP contribution >= 0.6 is 0 Å². The number of carbonyl (C=O) groups is 1. The van der Waals surface area contributed by atoms with E-state index in [-0.39, 0.29) is 11.7 Å². The summed E-state index contributed by atoms with van der Waals surface area (Å²) in [5.74, 6) is 0.522. The number of nitrogens with one attached hydrogen (secondary N) is 1. The lowest BCUT2D eigenvalue weighted by atomic mass is 9.81. The summed E-state index contributed by atoms with van der Waals surface area (Å²) >= 11 is 0. The van der Waals surface area contributed by atoms with E-state index in [2.05, 4.69) is 20.3 Å². The first-order valence-corrected chi connectivity index (χ1v) is 8.43. The van der Waals surface area contributed by atoms with Crippen LogP contribution in [0, 0.1) is 5.82 Å². The highest BCUT2D eigenvalue weighted by atomic mass is 19.1. The normalized spacial score (nSPS) is 20.3. The number of nitrogens with zero attached hydrogens (tertiary/aromatic N) is 4. The lowest BCUT2D eigenvalue weighted by molar-refractivity contribution is 0.0642. The van der Waals surface area contributed by atoms with E-state index in [4.69, 9.17) is 4.52 Å². The molecule has 2 aromatic heterocycles. The Kier molecular flexibility index (Phi) is 4.02. The highest BCUT2D eigenvalue weighted by Crippen LogP contribution is 2.33. The van der Waals surface area contributed by atoms with E-state index in [0.29, 0.717) is 35.9 Å². The average molecular weight is 355 g/mol. The summed E-state index contributed by atoms with van der Waals surface area (Å²) in [6, 6.07) is 5.91. The number of benzene rings is 1. The summed E-state index contributed by atoms with van der Waals surface area (Å²) < 4.78 is 18.5. The van der Waals surface area contributed by atoms with Crippen LogP contribution < -0.4 is 0 Å². The Morgan fingerprint density at radius 3 is 2.88 bits per heavy atom. The minimum Gasteiger partial charge on any atom is -0.338 e. The first kappa shape index (κ1) is 16.4. The average Bonchev–Trinajstić information content (AvgIpc) is 3.34. The molecule has 1 aromatic carbocycles. The molecule has 0 aliphatic carbocycles. The van der Waals surface area contributed by atoms with E-state index in [1.54, 1.807) is 23.2 Å². The molecule has 1 amide bonds. The third-order valence-electron chi connectivity index (χ3n) is 4.79. The van der Waals surface area contributed by atoms with Gasteiger partial charge < -0.3 is 9.42 Å². The van der Waals surface area contributed by atoms with E-state index in [1.807, 2.05) is 6.92 Å². The third kappa shape index (κ3) is 2.98. The van der Waals surface area contributed by atoms with Gasteiger partial charge in [-0.1, -0.05) is 12.1 Å². The van der Waals surface area contributed by atoms with Gasteiger partial charge in [-0.25, -0.2) is 4.39 Å². The molecular formula is C18H18FN5O2. The van der Waals surface area contributed by atoms with Crippen molar-refractivity contribution in [2.75, 3.05) is 13.1 Å². The minimum atomic E-state index is -0.403. The van der Waals surface area contributed by atoms with Crippen molar-refractivity contribution >= 4 is 5.91 Å². The molecule has 1 saturated heterocycles. The van der Waals surface area contributed by atoms with Gasteiger partial charge in [0.2, 0.25) is 0 Å². The van der Waals surface area contributed by atoms with Crippen LogP contribution in [0.4, 0.5) is 4.39 Å². The maximum absolute atomic E-state index is 13.1. The number of carbonyl (C=O) groups excluding carboxylic acids is 1. The second-order valence-electron chi connectivity index (χ2n) is 6.81. The number of aromatic amines is 1. The van der Waals surface area contributed by atoms with Crippen molar-refractivity contribution in [1.29, 1.82) is 0 Å². The van der Waals surface area contributed by atoms with Gasteiger partial charge in [0.15, 0.2) is 5.82 Å². The molecule has 26 heavy (non-hydrogen) atoms. The van der Waals surface area contributed by atoms with E-state index >= 15 is 0 Å². The van der Waals surface area contributed by atoms with Gasteiger partial charge in [0.1, 0.15) is 5.82 Å². The van der Waals surface area contributed by atoms with Gasteiger partial charge in [-0.15, -0.1) is 0 Å². The molecule has 8 heteroatoms. The number of rotatable bonds is 3. The van der Waals surface area contributed by atoms with Crippen molar-refractivity contribution < 1.29 is 13.7 Å². The quantitative estimate of drug-likeness (QED) is 0.780. The van der Waals surface area contributed by atoms with Crippen LogP contribution in [0.15, 0.2) is 41.2 Å². The molecule has 1 N–H and O–H groups in total. The van der Waals surface area contributed by atoms with E-state index < -0.39 is 5.41 Å². The monoisotopic (exact) mass is 355 g/mol. The van der Waals surface area contributed by atoms with Crippen molar-refractivity contribution in [2.45, 2.75) is 25.2 Å². The first-order chi connectivity index (χ1) is 12.5. The molecule has 1 fully saturated rings. The summed E-state index contributed by atoms with van der Waals surface area (Å²) in [5.41, 5.74) is 0.796. The van der Waals surface area contributed by atoms with E-state index in [9.17, 15) is 9.18 Å². The molecule has 1 unspecified atom stereocenters. The fourth-order valence-corrected chi connectivity index (χ4v) is 3.32. The smallest absolute Gasteiger partial charge is 0.257 e. The second kappa shape index (κ2) is 6.36. The van der Waals surface area contributed by atoms with Gasteiger partial charge in [-0.05, 0) is 37.1 Å². The molecule has 0 radical (unpaired) electrons. The lowest BCUT2D eigenvalue weighted by Gasteiger charge is -2.38. The van der Waals surface area contributed by atoms with Crippen LogP contribution in [-0.2, 0) is 5.41 Å². The van der Waals surface area contributed by atoms with Crippen molar-refractivity contribution in [3.63, 3.8) is 0 Å². The SMILES string of the molecule is CC1(c2noc(-c3ccc(F)cc3)n2)CCCN(C(=O)c2cn[nH]c2)C1. The zero-order chi connectivity index (χ0) is 18.1. The Bertz CT molecular complexity index is 906. The Hall–Kier alpha value is -3.03. The van der Waals surface area contributed by atoms with Gasteiger partial charge in [-0.2, -0.15) is 10.1 Å². The zero-order valence-corrected chi connectivity index (χ0v) is 14.3. The maximum atomic E-state index is 13.1. The highest BCUT2D eigenvalue weighted by Gasteiger charge is 2.39. The topological polar surface area (TPSA) is 87.9 Å². The number of amides is 1. The Morgan fingerprint density at radius 2 is 2.15 bits per heavy atom. The highest BCUT2D eigenvalue weighted by molar-refractivity contribution is 5.93. The number of piperidine rings is 1. The third-order valence-corrected chi connectivity index (χ3v) is 4.79. The first-order valence-electron chi connectivity index (χ1n) is 8.43. The van der Waals surface area contributed by atoms with E-state index in [1.165, 1.54) is 18.3 Å². The molecule has 1 aliphatic rings. The van der Waals surface area contributed by atoms with Crippen LogP contribution in [-0.4, -0.2) is 44.2 Å². The standard InChI is InChI=1S/C18H18FN5O2/c1-18(7-2-8-24(11-18)16(25)13-9-20-21-10-13)17-22-15(26-23-17)12-3-5-14(19)6-4-12/h3-6,9-10H,2,7-8,11H2,1H3,(H,20,21). The largest absolute Gasteiger partial charge is 0.338 e. The van der Waals surface area contributed by atoms with Gasteiger partial charge in [0.25, 0.3) is 11.8 Å². The van der Waals surface area contributed by atoms with Crippen molar-refractivity contribution in [3.8, 4) is 11.5 Å². The molecular weight excluding hydrogens is 337 g/mol. The van der Waals surface area contributed by atoms with Gasteiger partial charge >= 0.3 is 0 Å². The fraction of sp³-hybridized carbons (Fsp3) is 0.333. The zero-order valence-electron chi connectivity index (χ0n) is 14.3.